The zero-order valence-corrected chi connectivity index (χ0v) is 14.5. The molecular weight excluding hydrogens is 383 g/mol. The van der Waals surface area contributed by atoms with Crippen LogP contribution in [-0.4, -0.2) is 5.33 Å². The van der Waals surface area contributed by atoms with Crippen LogP contribution in [0.4, 0.5) is 4.39 Å². The molecule has 1 unspecified atom stereocenters. The molecule has 0 saturated carbocycles. The van der Waals surface area contributed by atoms with Gasteiger partial charge in [0.05, 0.1) is 4.47 Å². The van der Waals surface area contributed by atoms with Gasteiger partial charge < -0.3 is 0 Å². The van der Waals surface area contributed by atoms with E-state index in [1.54, 1.807) is 0 Å². The number of halogens is 3. The van der Waals surface area contributed by atoms with Gasteiger partial charge in [0.1, 0.15) is 5.82 Å². The van der Waals surface area contributed by atoms with Crippen molar-refractivity contribution in [3.8, 4) is 0 Å². The van der Waals surface area contributed by atoms with Gasteiger partial charge in [-0.1, -0.05) is 46.3 Å². The Bertz CT molecular complexity index is 581. The lowest BCUT2D eigenvalue weighted by molar-refractivity contribution is 0.585. The fourth-order valence-electron chi connectivity index (χ4n) is 2.33. The largest absolute Gasteiger partial charge is 0.206 e. The van der Waals surface area contributed by atoms with E-state index in [2.05, 4.69) is 63.0 Å². The van der Waals surface area contributed by atoms with E-state index in [-0.39, 0.29) is 5.82 Å². The van der Waals surface area contributed by atoms with Crippen LogP contribution in [0.2, 0.25) is 0 Å². The van der Waals surface area contributed by atoms with E-state index in [0.717, 1.165) is 23.7 Å². The molecule has 0 aliphatic rings. The highest BCUT2D eigenvalue weighted by Crippen LogP contribution is 2.22. The first kappa shape index (κ1) is 15.7. The maximum Gasteiger partial charge on any atom is 0.137 e. The summed E-state index contributed by atoms with van der Waals surface area (Å²) in [7, 11) is 0. The minimum Gasteiger partial charge on any atom is -0.206 e. The van der Waals surface area contributed by atoms with Crippen LogP contribution in [0.5, 0.6) is 0 Å². The van der Waals surface area contributed by atoms with E-state index < -0.39 is 0 Å². The second-order valence-corrected chi connectivity index (χ2v) is 6.61. The Morgan fingerprint density at radius 2 is 1.85 bits per heavy atom. The fraction of sp³-hybridized carbons (Fsp3) is 0.294. The number of alkyl halides is 1. The van der Waals surface area contributed by atoms with Crippen molar-refractivity contribution in [2.24, 2.45) is 5.92 Å². The van der Waals surface area contributed by atoms with Crippen LogP contribution in [0.25, 0.3) is 0 Å². The van der Waals surface area contributed by atoms with E-state index in [9.17, 15) is 4.39 Å². The minimum absolute atomic E-state index is 0.206. The Morgan fingerprint density at radius 1 is 1.10 bits per heavy atom. The van der Waals surface area contributed by atoms with Crippen LogP contribution >= 0.6 is 31.9 Å². The Hall–Kier alpha value is -0.670. The molecule has 3 heteroatoms. The summed E-state index contributed by atoms with van der Waals surface area (Å²) in [5, 5.41) is 0.941. The minimum atomic E-state index is -0.206. The molecule has 0 radical (unpaired) electrons. The van der Waals surface area contributed by atoms with Crippen LogP contribution in [0.3, 0.4) is 0 Å². The van der Waals surface area contributed by atoms with E-state index in [1.165, 1.54) is 17.2 Å². The van der Waals surface area contributed by atoms with Crippen molar-refractivity contribution in [1.29, 1.82) is 0 Å². The molecule has 0 saturated heterocycles. The number of aryl methyl sites for hydroxylation is 1. The van der Waals surface area contributed by atoms with E-state index >= 15 is 0 Å². The van der Waals surface area contributed by atoms with Crippen molar-refractivity contribution in [3.63, 3.8) is 0 Å². The van der Waals surface area contributed by atoms with Crippen LogP contribution in [0.15, 0.2) is 46.9 Å². The zero-order valence-electron chi connectivity index (χ0n) is 11.4. The average Bonchev–Trinajstić information content (AvgIpc) is 2.44. The monoisotopic (exact) mass is 398 g/mol. The molecule has 0 aliphatic heterocycles. The van der Waals surface area contributed by atoms with E-state index in [0.29, 0.717) is 10.4 Å². The molecule has 0 N–H and O–H groups in total. The molecule has 1 atom stereocenters. The zero-order chi connectivity index (χ0) is 14.5. The lowest BCUT2D eigenvalue weighted by Crippen LogP contribution is -2.11. The molecule has 2 rings (SSSR count). The van der Waals surface area contributed by atoms with Crippen LogP contribution in [0.1, 0.15) is 16.7 Å². The first-order chi connectivity index (χ1) is 9.60. The average molecular weight is 400 g/mol. The van der Waals surface area contributed by atoms with Gasteiger partial charge in [-0.2, -0.15) is 0 Å². The SMILES string of the molecule is Cc1ccccc1CC(CBr)Cc1ccc(F)c(Br)c1. The molecule has 0 amide bonds. The number of hydrogen-bond acceptors (Lipinski definition) is 0. The smallest absolute Gasteiger partial charge is 0.137 e. The molecule has 0 aromatic heterocycles. The number of rotatable bonds is 5. The first-order valence-corrected chi connectivity index (χ1v) is 8.56. The lowest BCUT2D eigenvalue weighted by Gasteiger charge is -2.16. The molecule has 0 fully saturated rings. The van der Waals surface area contributed by atoms with E-state index in [4.69, 9.17) is 0 Å². The third-order valence-corrected chi connectivity index (χ3v) is 5.02. The molecule has 0 bridgehead atoms. The van der Waals surface area contributed by atoms with Crippen molar-refractivity contribution < 1.29 is 4.39 Å². The molecule has 2 aromatic carbocycles. The van der Waals surface area contributed by atoms with Gasteiger partial charge in [-0.3, -0.25) is 0 Å². The molecule has 0 spiro atoms. The highest BCUT2D eigenvalue weighted by molar-refractivity contribution is 9.10. The third kappa shape index (κ3) is 4.16. The van der Waals surface area contributed by atoms with Gasteiger partial charge in [0.2, 0.25) is 0 Å². The van der Waals surface area contributed by atoms with Gasteiger partial charge >= 0.3 is 0 Å². The molecule has 2 aromatic rings. The predicted octanol–water partition coefficient (Wildman–Crippen LogP) is 5.69. The second-order valence-electron chi connectivity index (χ2n) is 5.10. The Balaban J connectivity index is 2.09. The van der Waals surface area contributed by atoms with Gasteiger partial charge in [0.15, 0.2) is 0 Å². The summed E-state index contributed by atoms with van der Waals surface area (Å²) < 4.78 is 13.8. The molecule has 0 aliphatic carbocycles. The van der Waals surface area contributed by atoms with Crippen molar-refractivity contribution >= 4 is 31.9 Å². The summed E-state index contributed by atoms with van der Waals surface area (Å²) in [4.78, 5) is 0. The summed E-state index contributed by atoms with van der Waals surface area (Å²) in [6.45, 7) is 2.15. The normalized spacial score (nSPS) is 12.4. The molecule has 0 nitrogen and oxygen atoms in total. The summed E-state index contributed by atoms with van der Waals surface area (Å²) in [5.74, 6) is 0.302. The second kappa shape index (κ2) is 7.37. The predicted molar refractivity (Wildman–Crippen MR) is 90.0 cm³/mol. The number of hydrogen-bond donors (Lipinski definition) is 0. The maximum atomic E-state index is 13.3. The Kier molecular flexibility index (Phi) is 5.79. The van der Waals surface area contributed by atoms with Crippen LogP contribution < -0.4 is 0 Å². The van der Waals surface area contributed by atoms with Crippen molar-refractivity contribution in [1.82, 2.24) is 0 Å². The summed E-state index contributed by atoms with van der Waals surface area (Å²) in [6.07, 6.45) is 1.98. The summed E-state index contributed by atoms with van der Waals surface area (Å²) in [5.41, 5.74) is 3.88. The van der Waals surface area contributed by atoms with Gasteiger partial charge in [-0.05, 0) is 70.4 Å². The fourth-order valence-corrected chi connectivity index (χ4v) is 3.22. The molecule has 20 heavy (non-hydrogen) atoms. The number of benzene rings is 2. The summed E-state index contributed by atoms with van der Waals surface area (Å²) >= 11 is 6.85. The quantitative estimate of drug-likeness (QED) is 0.566. The van der Waals surface area contributed by atoms with Gasteiger partial charge in [0.25, 0.3) is 0 Å². The molecular formula is C17H17Br2F. The van der Waals surface area contributed by atoms with Gasteiger partial charge in [-0.15, -0.1) is 0 Å². The van der Waals surface area contributed by atoms with Crippen LogP contribution in [-0.2, 0) is 12.8 Å². The van der Waals surface area contributed by atoms with Crippen LogP contribution in [0, 0.1) is 18.7 Å². The lowest BCUT2D eigenvalue weighted by atomic mass is 9.92. The Morgan fingerprint density at radius 3 is 2.50 bits per heavy atom. The van der Waals surface area contributed by atoms with E-state index in [1.807, 2.05) is 12.1 Å². The first-order valence-electron chi connectivity index (χ1n) is 6.64. The molecule has 0 heterocycles. The van der Waals surface area contributed by atoms with Gasteiger partial charge in [-0.25, -0.2) is 4.39 Å². The topological polar surface area (TPSA) is 0 Å². The Labute approximate surface area is 136 Å². The highest BCUT2D eigenvalue weighted by atomic mass is 79.9. The molecule has 106 valence electrons. The third-order valence-electron chi connectivity index (χ3n) is 3.50. The van der Waals surface area contributed by atoms with Gasteiger partial charge in [0, 0.05) is 5.33 Å². The standard InChI is InChI=1S/C17H17Br2F/c1-12-4-2-3-5-15(12)9-14(11-18)8-13-6-7-17(20)16(19)10-13/h2-7,10,14H,8-9,11H2,1H3. The van der Waals surface area contributed by atoms with Crippen molar-refractivity contribution in [2.45, 2.75) is 19.8 Å². The highest BCUT2D eigenvalue weighted by Gasteiger charge is 2.12. The van der Waals surface area contributed by atoms with Crippen molar-refractivity contribution in [2.75, 3.05) is 5.33 Å². The van der Waals surface area contributed by atoms with Crippen molar-refractivity contribution in [3.05, 3.63) is 69.4 Å². The maximum absolute atomic E-state index is 13.3. The summed E-state index contributed by atoms with van der Waals surface area (Å²) in [6, 6.07) is 13.8.